The molecule has 1 saturated heterocycles. The second-order valence-electron chi connectivity index (χ2n) is 8.52. The fourth-order valence-corrected chi connectivity index (χ4v) is 5.01. The van der Waals surface area contributed by atoms with Gasteiger partial charge in [0, 0.05) is 30.7 Å². The van der Waals surface area contributed by atoms with Crippen molar-refractivity contribution in [1.29, 1.82) is 0 Å². The Morgan fingerprint density at radius 2 is 1.81 bits per heavy atom. The molecule has 5 N–H and O–H groups in total. The summed E-state index contributed by atoms with van der Waals surface area (Å²) in [5.41, 5.74) is 2.56. The van der Waals surface area contributed by atoms with E-state index >= 15 is 0 Å². The number of nitrogens with one attached hydrogen (secondary N) is 3. The number of anilines is 5. The molecule has 0 atom stereocenters. The van der Waals surface area contributed by atoms with Gasteiger partial charge in [-0.25, -0.2) is 18.5 Å². The van der Waals surface area contributed by atoms with Crippen molar-refractivity contribution in [2.45, 2.75) is 11.8 Å². The molecule has 0 bridgehead atoms. The number of ether oxygens (including phenoxy) is 1. The summed E-state index contributed by atoms with van der Waals surface area (Å²) in [5, 5.41) is 12.8. The van der Waals surface area contributed by atoms with Crippen molar-refractivity contribution >= 4 is 49.5 Å². The van der Waals surface area contributed by atoms with Crippen molar-refractivity contribution in [3.8, 4) is 0 Å². The highest BCUT2D eigenvalue weighted by molar-refractivity contribution is 7.89. The van der Waals surface area contributed by atoms with Gasteiger partial charge in [0.05, 0.1) is 24.3 Å². The van der Waals surface area contributed by atoms with E-state index in [0.29, 0.717) is 46.9 Å². The minimum absolute atomic E-state index is 0.0384. The van der Waals surface area contributed by atoms with Crippen molar-refractivity contribution in [2.75, 3.05) is 41.8 Å². The van der Waals surface area contributed by atoms with Gasteiger partial charge in [-0.05, 0) is 60.3 Å². The summed E-state index contributed by atoms with van der Waals surface area (Å²) < 4.78 is 29.7. The van der Waals surface area contributed by atoms with E-state index in [4.69, 9.17) is 9.88 Å². The van der Waals surface area contributed by atoms with Crippen LogP contribution in [0, 0.1) is 6.92 Å². The van der Waals surface area contributed by atoms with Crippen molar-refractivity contribution < 1.29 is 13.2 Å². The highest BCUT2D eigenvalue weighted by atomic mass is 32.2. The fourth-order valence-electron chi connectivity index (χ4n) is 4.25. The second-order valence-corrected chi connectivity index (χ2v) is 10.0. The molecule has 1 aliphatic rings. The highest BCUT2D eigenvalue weighted by Gasteiger charge is 2.18. The number of benzene rings is 2. The van der Waals surface area contributed by atoms with Gasteiger partial charge in [-0.1, -0.05) is 12.1 Å². The molecule has 3 heterocycles. The number of rotatable bonds is 6. The Bertz CT molecular complexity index is 1580. The van der Waals surface area contributed by atoms with Gasteiger partial charge in [0.2, 0.25) is 10.0 Å². The molecule has 4 aromatic rings. The predicted molar refractivity (Wildman–Crippen MR) is 141 cm³/mol. The molecular weight excluding hydrogens is 480 g/mol. The molecule has 0 amide bonds. The standard InChI is InChI=1S/C25H26N6O4S/c1-16-3-2-4-20(36(26,33)34)23(16)29-21-15-17-9-10-27-25(32)22(17)24(30-21)28-18-5-7-19(8-6-18)31-11-13-35-14-12-31/h2-10,15H,11-14H2,1H3,(H,27,32)(H2,26,33,34)(H2,28,29,30). The topological polar surface area (TPSA) is 142 Å². The van der Waals surface area contributed by atoms with E-state index in [1.165, 1.54) is 6.07 Å². The molecule has 5 rings (SSSR count). The van der Waals surface area contributed by atoms with Crippen LogP contribution in [0.15, 0.2) is 70.5 Å². The Hall–Kier alpha value is -3.93. The van der Waals surface area contributed by atoms with Crippen molar-refractivity contribution in [2.24, 2.45) is 5.14 Å². The van der Waals surface area contributed by atoms with Crippen LogP contribution in [0.4, 0.5) is 28.7 Å². The molecule has 36 heavy (non-hydrogen) atoms. The van der Waals surface area contributed by atoms with Crippen LogP contribution in [0.2, 0.25) is 0 Å². The molecule has 11 heteroatoms. The van der Waals surface area contributed by atoms with Gasteiger partial charge < -0.3 is 25.3 Å². The smallest absolute Gasteiger partial charge is 0.259 e. The van der Waals surface area contributed by atoms with Crippen LogP contribution in [0.5, 0.6) is 0 Å². The van der Waals surface area contributed by atoms with E-state index in [9.17, 15) is 13.2 Å². The Morgan fingerprint density at radius 1 is 1.06 bits per heavy atom. The third-order valence-electron chi connectivity index (χ3n) is 6.05. The first-order chi connectivity index (χ1) is 17.3. The summed E-state index contributed by atoms with van der Waals surface area (Å²) in [6.45, 7) is 4.85. The molecule has 2 aromatic carbocycles. The van der Waals surface area contributed by atoms with Crippen LogP contribution < -0.4 is 26.2 Å². The molecule has 2 aromatic heterocycles. The summed E-state index contributed by atoms with van der Waals surface area (Å²) in [4.78, 5) is 22.2. The maximum atomic E-state index is 12.7. The fraction of sp³-hybridized carbons (Fsp3) is 0.200. The van der Waals surface area contributed by atoms with E-state index in [1.807, 2.05) is 24.3 Å². The van der Waals surface area contributed by atoms with E-state index in [-0.39, 0.29) is 10.5 Å². The first-order valence-electron chi connectivity index (χ1n) is 11.4. The molecule has 10 nitrogen and oxygen atoms in total. The van der Waals surface area contributed by atoms with E-state index in [0.717, 1.165) is 24.5 Å². The van der Waals surface area contributed by atoms with Crippen LogP contribution in [0.1, 0.15) is 5.56 Å². The number of hydrogen-bond acceptors (Lipinski definition) is 8. The number of primary sulfonamides is 1. The molecule has 0 unspecified atom stereocenters. The zero-order valence-electron chi connectivity index (χ0n) is 19.6. The Balaban J connectivity index is 1.52. The van der Waals surface area contributed by atoms with Gasteiger partial charge in [-0.3, -0.25) is 4.79 Å². The van der Waals surface area contributed by atoms with Gasteiger partial charge in [0.25, 0.3) is 5.56 Å². The first-order valence-corrected chi connectivity index (χ1v) is 13.0. The number of pyridine rings is 2. The first kappa shape index (κ1) is 23.8. The van der Waals surface area contributed by atoms with Gasteiger partial charge in [0.1, 0.15) is 16.5 Å². The SMILES string of the molecule is Cc1cccc(S(N)(=O)=O)c1Nc1cc2cc[nH]c(=O)c2c(Nc2ccc(N3CCOCC3)cc2)n1. The van der Waals surface area contributed by atoms with Crippen molar-refractivity contribution in [1.82, 2.24) is 9.97 Å². The number of morpholine rings is 1. The number of hydrogen-bond donors (Lipinski definition) is 4. The largest absolute Gasteiger partial charge is 0.378 e. The summed E-state index contributed by atoms with van der Waals surface area (Å²) in [6.07, 6.45) is 1.55. The lowest BCUT2D eigenvalue weighted by molar-refractivity contribution is 0.122. The number of aryl methyl sites for hydroxylation is 1. The molecule has 0 saturated carbocycles. The Morgan fingerprint density at radius 3 is 2.53 bits per heavy atom. The highest BCUT2D eigenvalue weighted by Crippen LogP contribution is 2.31. The maximum absolute atomic E-state index is 12.7. The normalized spacial score (nSPS) is 14.1. The number of nitrogens with zero attached hydrogens (tertiary/aromatic N) is 2. The Kier molecular flexibility index (Phi) is 6.35. The zero-order chi connectivity index (χ0) is 25.3. The number of aromatic amines is 1. The van der Waals surface area contributed by atoms with Gasteiger partial charge >= 0.3 is 0 Å². The summed E-state index contributed by atoms with van der Waals surface area (Å²) in [7, 11) is -3.97. The molecule has 0 radical (unpaired) electrons. The average Bonchev–Trinajstić information content (AvgIpc) is 2.85. The summed E-state index contributed by atoms with van der Waals surface area (Å²) in [6, 6.07) is 16.2. The average molecular weight is 507 g/mol. The van der Waals surface area contributed by atoms with Crippen LogP contribution in [0.3, 0.4) is 0 Å². The van der Waals surface area contributed by atoms with Crippen LogP contribution in [-0.2, 0) is 14.8 Å². The van der Waals surface area contributed by atoms with Gasteiger partial charge in [-0.15, -0.1) is 0 Å². The van der Waals surface area contributed by atoms with Crippen LogP contribution in [-0.4, -0.2) is 44.7 Å². The van der Waals surface area contributed by atoms with Crippen molar-refractivity contribution in [3.63, 3.8) is 0 Å². The molecule has 186 valence electrons. The number of sulfonamides is 1. The monoisotopic (exact) mass is 506 g/mol. The summed E-state index contributed by atoms with van der Waals surface area (Å²) in [5.74, 6) is 0.696. The van der Waals surface area contributed by atoms with Crippen LogP contribution >= 0.6 is 0 Å². The van der Waals surface area contributed by atoms with Gasteiger partial charge in [-0.2, -0.15) is 0 Å². The van der Waals surface area contributed by atoms with E-state index < -0.39 is 10.0 Å². The molecule has 0 aliphatic carbocycles. The number of aromatic nitrogens is 2. The zero-order valence-corrected chi connectivity index (χ0v) is 20.4. The maximum Gasteiger partial charge on any atom is 0.259 e. The molecule has 1 fully saturated rings. The molecule has 1 aliphatic heterocycles. The van der Waals surface area contributed by atoms with E-state index in [2.05, 4.69) is 25.5 Å². The number of nitrogens with two attached hydrogens (primary N) is 1. The number of fused-ring (bicyclic) bond motifs is 1. The number of H-pyrrole nitrogens is 1. The quantitative estimate of drug-likeness (QED) is 0.312. The Labute approximate surface area is 208 Å². The number of para-hydroxylation sites is 1. The molecule has 0 spiro atoms. The lowest BCUT2D eigenvalue weighted by Crippen LogP contribution is -2.36. The molecular formula is C25H26N6O4S. The van der Waals surface area contributed by atoms with Gasteiger partial charge in [0.15, 0.2) is 0 Å². The summed E-state index contributed by atoms with van der Waals surface area (Å²) >= 11 is 0. The predicted octanol–water partition coefficient (Wildman–Crippen LogP) is 3.20. The lowest BCUT2D eigenvalue weighted by atomic mass is 10.1. The third-order valence-corrected chi connectivity index (χ3v) is 7.01. The lowest BCUT2D eigenvalue weighted by Gasteiger charge is -2.28. The van der Waals surface area contributed by atoms with E-state index in [1.54, 1.807) is 37.4 Å². The van der Waals surface area contributed by atoms with Crippen LogP contribution in [0.25, 0.3) is 10.8 Å². The minimum atomic E-state index is -3.97. The minimum Gasteiger partial charge on any atom is -0.378 e. The second kappa shape index (κ2) is 9.61. The van der Waals surface area contributed by atoms with Crippen molar-refractivity contribution in [3.05, 3.63) is 76.7 Å². The third kappa shape index (κ3) is 4.89.